The monoisotopic (exact) mass is 716 g/mol. The molecule has 4 aromatic carbocycles. The molecule has 8 rings (SSSR count). The van der Waals surface area contributed by atoms with Gasteiger partial charge in [-0.05, 0) is 53.9 Å². The van der Waals surface area contributed by atoms with Crippen LogP contribution in [-0.4, -0.2) is 71.1 Å². The molecule has 2 atom stereocenters. The first-order valence-electron chi connectivity index (χ1n) is 17.9. The normalized spacial score (nSPS) is 18.1. The quantitative estimate of drug-likeness (QED) is 0.142. The van der Waals surface area contributed by atoms with E-state index in [0.717, 1.165) is 83.8 Å². The van der Waals surface area contributed by atoms with Gasteiger partial charge >= 0.3 is 0 Å². The Labute approximate surface area is 309 Å². The number of para-hydroxylation sites is 1. The summed E-state index contributed by atoms with van der Waals surface area (Å²) in [5.74, 6) is 0.956. The fourth-order valence-corrected chi connectivity index (χ4v) is 7.63. The molecule has 0 saturated carbocycles. The number of aryl methyl sites for hydroxylation is 1. The molecular formula is C42H42ClFN6O2. The SMILES string of the molecule is Cn1nc(-c2ccc(OCc3ccccc3)nc2OCc2ccccc2)c2cccc(N3CCN(C4CCN(c5ccc(Cl)cc5)CC4F)CC3)c21. The summed E-state index contributed by atoms with van der Waals surface area (Å²) in [5, 5.41) is 6.76. The third-order valence-electron chi connectivity index (χ3n) is 10.2. The maximum absolute atomic E-state index is 15.7. The minimum Gasteiger partial charge on any atom is -0.473 e. The van der Waals surface area contributed by atoms with Crippen molar-refractivity contribution in [3.05, 3.63) is 131 Å². The van der Waals surface area contributed by atoms with Gasteiger partial charge in [0.05, 0.1) is 23.3 Å². The molecule has 2 fully saturated rings. The van der Waals surface area contributed by atoms with Crippen LogP contribution in [0.5, 0.6) is 11.8 Å². The molecule has 0 N–H and O–H groups in total. The van der Waals surface area contributed by atoms with Crippen molar-refractivity contribution in [1.82, 2.24) is 19.7 Å². The lowest BCUT2D eigenvalue weighted by molar-refractivity contribution is 0.0878. The zero-order chi connectivity index (χ0) is 35.4. The van der Waals surface area contributed by atoms with Crippen molar-refractivity contribution in [1.29, 1.82) is 0 Å². The number of pyridine rings is 1. The molecule has 0 amide bonds. The topological polar surface area (TPSA) is 58.9 Å². The Hall–Kier alpha value is -5.12. The molecule has 0 spiro atoms. The first-order chi connectivity index (χ1) is 25.5. The van der Waals surface area contributed by atoms with Crippen LogP contribution in [0, 0.1) is 0 Å². The van der Waals surface area contributed by atoms with Crippen molar-refractivity contribution in [3.63, 3.8) is 0 Å². The molecule has 6 aromatic rings. The number of fused-ring (bicyclic) bond motifs is 1. The molecule has 0 aliphatic carbocycles. The number of anilines is 2. The van der Waals surface area contributed by atoms with Gasteiger partial charge in [0.25, 0.3) is 0 Å². The van der Waals surface area contributed by atoms with Gasteiger partial charge in [-0.25, -0.2) is 4.39 Å². The van der Waals surface area contributed by atoms with Crippen LogP contribution in [0.3, 0.4) is 0 Å². The van der Waals surface area contributed by atoms with E-state index in [2.05, 4.69) is 32.9 Å². The molecule has 2 saturated heterocycles. The summed E-state index contributed by atoms with van der Waals surface area (Å²) in [6.45, 7) is 5.23. The largest absolute Gasteiger partial charge is 0.473 e. The van der Waals surface area contributed by atoms with Crippen molar-refractivity contribution < 1.29 is 13.9 Å². The molecule has 2 unspecified atom stereocenters. The van der Waals surface area contributed by atoms with Crippen molar-refractivity contribution in [3.8, 4) is 23.0 Å². The molecular weight excluding hydrogens is 675 g/mol. The highest BCUT2D eigenvalue weighted by Crippen LogP contribution is 2.39. The van der Waals surface area contributed by atoms with Crippen molar-refractivity contribution in [2.24, 2.45) is 7.05 Å². The molecule has 4 heterocycles. The van der Waals surface area contributed by atoms with E-state index in [9.17, 15) is 0 Å². The highest BCUT2D eigenvalue weighted by Gasteiger charge is 2.35. The van der Waals surface area contributed by atoms with E-state index in [4.69, 9.17) is 31.2 Å². The third kappa shape index (κ3) is 7.29. The standard InChI is InChI=1S/C42H42ClFN6O2/c1-47-41-34(13-8-14-38(41)49-25-23-48(24-26-49)37-21-22-50(27-36(37)44)33-17-15-32(43)16-18-33)40(46-47)35-19-20-39(51-28-30-9-4-2-5-10-30)45-42(35)52-29-31-11-6-3-7-12-31/h2-20,36-37H,21-29H2,1H3. The van der Waals surface area contributed by atoms with Gasteiger partial charge < -0.3 is 19.3 Å². The van der Waals surface area contributed by atoms with Crippen LogP contribution in [0.4, 0.5) is 15.8 Å². The molecule has 10 heteroatoms. The second-order valence-corrected chi connectivity index (χ2v) is 14.0. The van der Waals surface area contributed by atoms with E-state index < -0.39 is 6.17 Å². The number of aromatic nitrogens is 3. The minimum absolute atomic E-state index is 0.0775. The van der Waals surface area contributed by atoms with E-state index in [-0.39, 0.29) is 6.04 Å². The summed E-state index contributed by atoms with van der Waals surface area (Å²) in [4.78, 5) is 11.7. The van der Waals surface area contributed by atoms with E-state index in [1.807, 2.05) is 109 Å². The predicted octanol–water partition coefficient (Wildman–Crippen LogP) is 8.19. The van der Waals surface area contributed by atoms with Gasteiger partial charge in [0.1, 0.15) is 25.1 Å². The van der Waals surface area contributed by atoms with Gasteiger partial charge in [-0.2, -0.15) is 10.1 Å². The van der Waals surface area contributed by atoms with Gasteiger partial charge in [-0.15, -0.1) is 0 Å². The van der Waals surface area contributed by atoms with Crippen LogP contribution >= 0.6 is 11.6 Å². The number of ether oxygens (including phenoxy) is 2. The van der Waals surface area contributed by atoms with Gasteiger partial charge in [-0.1, -0.05) is 84.4 Å². The summed E-state index contributed by atoms with van der Waals surface area (Å²) in [6, 6.07) is 38.0. The van der Waals surface area contributed by atoms with Crippen LogP contribution in [0.15, 0.2) is 115 Å². The van der Waals surface area contributed by atoms with Crippen molar-refractivity contribution in [2.75, 3.05) is 49.1 Å². The van der Waals surface area contributed by atoms with Crippen LogP contribution in [0.1, 0.15) is 17.5 Å². The number of nitrogens with zero attached hydrogens (tertiary/aromatic N) is 6. The Bertz CT molecular complexity index is 2110. The summed E-state index contributed by atoms with van der Waals surface area (Å²) < 4.78 is 30.1. The molecule has 2 aliphatic rings. The summed E-state index contributed by atoms with van der Waals surface area (Å²) in [7, 11) is 1.99. The smallest absolute Gasteiger partial charge is 0.226 e. The number of piperidine rings is 1. The van der Waals surface area contributed by atoms with Crippen LogP contribution in [-0.2, 0) is 20.3 Å². The molecule has 2 aromatic heterocycles. The van der Waals surface area contributed by atoms with E-state index in [0.29, 0.717) is 36.5 Å². The average Bonchev–Trinajstić information content (AvgIpc) is 3.53. The Kier molecular flexibility index (Phi) is 9.96. The van der Waals surface area contributed by atoms with Crippen LogP contribution in [0.25, 0.3) is 22.2 Å². The molecule has 0 bridgehead atoms. The molecule has 2 aliphatic heterocycles. The van der Waals surface area contributed by atoms with Gasteiger partial charge in [-0.3, -0.25) is 9.58 Å². The first kappa shape index (κ1) is 34.0. The Balaban J connectivity index is 1.00. The number of hydrogen-bond acceptors (Lipinski definition) is 7. The lowest BCUT2D eigenvalue weighted by Gasteiger charge is -2.45. The maximum atomic E-state index is 15.7. The predicted molar refractivity (Wildman–Crippen MR) is 206 cm³/mol. The average molecular weight is 717 g/mol. The zero-order valence-corrected chi connectivity index (χ0v) is 30.0. The number of halogens is 2. The Morgan fingerprint density at radius 2 is 1.42 bits per heavy atom. The van der Waals surface area contributed by atoms with Gasteiger partial charge in [0, 0.05) is 68.0 Å². The number of piperazine rings is 1. The zero-order valence-electron chi connectivity index (χ0n) is 29.2. The third-order valence-corrected chi connectivity index (χ3v) is 10.5. The second-order valence-electron chi connectivity index (χ2n) is 13.5. The maximum Gasteiger partial charge on any atom is 0.226 e. The van der Waals surface area contributed by atoms with E-state index in [1.54, 1.807) is 0 Å². The minimum atomic E-state index is -0.916. The van der Waals surface area contributed by atoms with E-state index >= 15 is 4.39 Å². The lowest BCUT2D eigenvalue weighted by Crippen LogP contribution is -2.58. The Morgan fingerprint density at radius 3 is 2.12 bits per heavy atom. The molecule has 52 heavy (non-hydrogen) atoms. The molecule has 0 radical (unpaired) electrons. The lowest BCUT2D eigenvalue weighted by atomic mass is 9.99. The first-order valence-corrected chi connectivity index (χ1v) is 18.3. The fraction of sp³-hybridized carbons (Fsp3) is 0.286. The molecule has 8 nitrogen and oxygen atoms in total. The number of benzene rings is 4. The summed E-state index contributed by atoms with van der Waals surface area (Å²) >= 11 is 6.08. The fourth-order valence-electron chi connectivity index (χ4n) is 7.51. The van der Waals surface area contributed by atoms with Gasteiger partial charge in [0.2, 0.25) is 11.8 Å². The number of rotatable bonds is 10. The van der Waals surface area contributed by atoms with Crippen molar-refractivity contribution in [2.45, 2.75) is 31.8 Å². The number of hydrogen-bond donors (Lipinski definition) is 0. The highest BCUT2D eigenvalue weighted by molar-refractivity contribution is 6.30. The van der Waals surface area contributed by atoms with Crippen LogP contribution < -0.4 is 19.3 Å². The van der Waals surface area contributed by atoms with E-state index in [1.165, 1.54) is 0 Å². The molecule has 266 valence electrons. The summed E-state index contributed by atoms with van der Waals surface area (Å²) in [6.07, 6.45) is -0.121. The highest BCUT2D eigenvalue weighted by atomic mass is 35.5. The van der Waals surface area contributed by atoms with Crippen molar-refractivity contribution >= 4 is 33.9 Å². The number of alkyl halides is 1. The summed E-state index contributed by atoms with van der Waals surface area (Å²) in [5.41, 5.74) is 6.90. The van der Waals surface area contributed by atoms with Crippen LogP contribution in [0.2, 0.25) is 5.02 Å². The second kappa shape index (κ2) is 15.2. The van der Waals surface area contributed by atoms with Gasteiger partial charge in [0.15, 0.2) is 0 Å². The Morgan fingerprint density at radius 1 is 0.731 bits per heavy atom.